The van der Waals surface area contributed by atoms with Gasteiger partial charge in [-0.05, 0) is 79.1 Å². The molecular weight excluding hydrogens is 348 g/mol. The number of nitrogens with one attached hydrogen (secondary N) is 1. The highest BCUT2D eigenvalue weighted by Crippen LogP contribution is 2.42. The van der Waals surface area contributed by atoms with Crippen LogP contribution in [0, 0.1) is 17.8 Å². The highest BCUT2D eigenvalue weighted by atomic mass is 16.1. The molecule has 5 heteroatoms. The van der Waals surface area contributed by atoms with E-state index in [0.29, 0.717) is 17.4 Å². The Hall–Kier alpha value is -2.95. The van der Waals surface area contributed by atoms with Crippen LogP contribution in [0.2, 0.25) is 0 Å². The first-order valence-corrected chi connectivity index (χ1v) is 9.84. The second kappa shape index (κ2) is 7.97. The minimum Gasteiger partial charge on any atom is -0.378 e. The summed E-state index contributed by atoms with van der Waals surface area (Å²) < 4.78 is 0. The van der Waals surface area contributed by atoms with Crippen molar-refractivity contribution in [2.45, 2.75) is 12.8 Å². The molecule has 2 unspecified atom stereocenters. The maximum atomic E-state index is 12.4. The third-order valence-electron chi connectivity index (χ3n) is 5.72. The van der Waals surface area contributed by atoms with Crippen molar-refractivity contribution in [3.63, 3.8) is 0 Å². The molecule has 3 atom stereocenters. The topological polar surface area (TPSA) is 57.1 Å². The van der Waals surface area contributed by atoms with Gasteiger partial charge in [-0.1, -0.05) is 12.2 Å². The fraction of sp³-hybridized carbons (Fsp3) is 0.348. The Morgan fingerprint density at radius 1 is 0.964 bits per heavy atom. The third kappa shape index (κ3) is 4.14. The molecule has 0 radical (unpaired) electrons. The summed E-state index contributed by atoms with van der Waals surface area (Å²) in [5.74, 6) is 1.95. The minimum atomic E-state index is -0.0190. The number of nitrogens with zero attached hydrogens (tertiary/aromatic N) is 3. The molecule has 1 saturated carbocycles. The van der Waals surface area contributed by atoms with Gasteiger partial charge in [0.2, 0.25) is 0 Å². The Morgan fingerprint density at radius 3 is 2.14 bits per heavy atom. The molecule has 2 aliphatic rings. The SMILES string of the molecule is CN(C)c1ccc(N=Nc2ccc(C(=O)NC[C@H]3CC4C=CC3C4)cc2)cc1. The van der Waals surface area contributed by atoms with Gasteiger partial charge in [0, 0.05) is 31.9 Å². The van der Waals surface area contributed by atoms with E-state index < -0.39 is 0 Å². The third-order valence-corrected chi connectivity index (χ3v) is 5.72. The lowest BCUT2D eigenvalue weighted by atomic mass is 9.93. The number of amides is 1. The first-order valence-electron chi connectivity index (χ1n) is 9.84. The van der Waals surface area contributed by atoms with E-state index in [-0.39, 0.29) is 5.91 Å². The van der Waals surface area contributed by atoms with Crippen LogP contribution in [0.1, 0.15) is 23.2 Å². The molecule has 2 aliphatic carbocycles. The van der Waals surface area contributed by atoms with Gasteiger partial charge in [-0.3, -0.25) is 4.79 Å². The molecule has 2 aromatic carbocycles. The molecule has 5 nitrogen and oxygen atoms in total. The quantitative estimate of drug-likeness (QED) is 0.564. The molecular formula is C23H26N4O. The molecule has 28 heavy (non-hydrogen) atoms. The van der Waals surface area contributed by atoms with Gasteiger partial charge in [0.05, 0.1) is 11.4 Å². The van der Waals surface area contributed by atoms with Gasteiger partial charge in [0.1, 0.15) is 0 Å². The van der Waals surface area contributed by atoms with Crippen LogP contribution in [-0.4, -0.2) is 26.5 Å². The zero-order chi connectivity index (χ0) is 19.5. The lowest BCUT2D eigenvalue weighted by Crippen LogP contribution is -2.30. The Bertz CT molecular complexity index is 884. The molecule has 0 aliphatic heterocycles. The minimum absolute atomic E-state index is 0.0190. The van der Waals surface area contributed by atoms with Gasteiger partial charge < -0.3 is 10.2 Å². The van der Waals surface area contributed by atoms with Crippen LogP contribution in [-0.2, 0) is 0 Å². The molecule has 1 fully saturated rings. The Balaban J connectivity index is 1.31. The summed E-state index contributed by atoms with van der Waals surface area (Å²) in [6.07, 6.45) is 7.11. The predicted molar refractivity (Wildman–Crippen MR) is 113 cm³/mol. The second-order valence-corrected chi connectivity index (χ2v) is 7.91. The van der Waals surface area contributed by atoms with E-state index in [1.54, 1.807) is 12.1 Å². The molecule has 0 saturated heterocycles. The summed E-state index contributed by atoms with van der Waals surface area (Å²) in [7, 11) is 4.01. The van der Waals surface area contributed by atoms with Gasteiger partial charge in [-0.2, -0.15) is 10.2 Å². The van der Waals surface area contributed by atoms with Crippen molar-refractivity contribution in [2.24, 2.45) is 28.0 Å². The smallest absolute Gasteiger partial charge is 0.251 e. The largest absolute Gasteiger partial charge is 0.378 e. The number of benzene rings is 2. The fourth-order valence-corrected chi connectivity index (χ4v) is 4.07. The first-order chi connectivity index (χ1) is 13.6. The Morgan fingerprint density at radius 2 is 1.61 bits per heavy atom. The summed E-state index contributed by atoms with van der Waals surface area (Å²) in [6.45, 7) is 0.759. The van der Waals surface area contributed by atoms with Crippen LogP contribution in [0.15, 0.2) is 70.9 Å². The van der Waals surface area contributed by atoms with Crippen molar-refractivity contribution < 1.29 is 4.79 Å². The van der Waals surface area contributed by atoms with E-state index in [1.165, 1.54) is 12.8 Å². The number of anilines is 1. The van der Waals surface area contributed by atoms with Crippen LogP contribution < -0.4 is 10.2 Å². The van der Waals surface area contributed by atoms with Crippen LogP contribution in [0.5, 0.6) is 0 Å². The summed E-state index contributed by atoms with van der Waals surface area (Å²) in [5.41, 5.74) is 3.31. The van der Waals surface area contributed by atoms with Gasteiger partial charge >= 0.3 is 0 Å². The van der Waals surface area contributed by atoms with E-state index in [0.717, 1.165) is 29.5 Å². The Labute approximate surface area is 166 Å². The summed E-state index contributed by atoms with van der Waals surface area (Å²) in [4.78, 5) is 14.4. The summed E-state index contributed by atoms with van der Waals surface area (Å²) >= 11 is 0. The molecule has 144 valence electrons. The van der Waals surface area contributed by atoms with Crippen LogP contribution in [0.4, 0.5) is 17.1 Å². The molecule has 0 aromatic heterocycles. The zero-order valence-corrected chi connectivity index (χ0v) is 16.4. The maximum absolute atomic E-state index is 12.4. The average molecular weight is 374 g/mol. The van der Waals surface area contributed by atoms with Crippen molar-refractivity contribution in [2.75, 3.05) is 25.5 Å². The summed E-state index contributed by atoms with van der Waals surface area (Å²) in [5, 5.41) is 11.6. The number of carbonyl (C=O) groups excluding carboxylic acids is 1. The normalized spacial score (nSPS) is 22.7. The van der Waals surface area contributed by atoms with E-state index in [2.05, 4.69) is 27.7 Å². The van der Waals surface area contributed by atoms with E-state index in [1.807, 2.05) is 55.4 Å². The number of rotatable bonds is 6. The van der Waals surface area contributed by atoms with Crippen LogP contribution in [0.3, 0.4) is 0 Å². The fourth-order valence-electron chi connectivity index (χ4n) is 4.07. The van der Waals surface area contributed by atoms with Gasteiger partial charge in [0.25, 0.3) is 5.91 Å². The van der Waals surface area contributed by atoms with Crippen molar-refractivity contribution in [1.82, 2.24) is 5.32 Å². The highest BCUT2D eigenvalue weighted by molar-refractivity contribution is 5.94. The highest BCUT2D eigenvalue weighted by Gasteiger charge is 2.35. The van der Waals surface area contributed by atoms with Gasteiger partial charge in [-0.15, -0.1) is 0 Å². The molecule has 1 N–H and O–H groups in total. The number of azo groups is 1. The Kier molecular flexibility index (Phi) is 5.24. The lowest BCUT2D eigenvalue weighted by Gasteiger charge is -2.18. The van der Waals surface area contributed by atoms with Crippen molar-refractivity contribution in [3.8, 4) is 0 Å². The van der Waals surface area contributed by atoms with Crippen molar-refractivity contribution >= 4 is 23.0 Å². The van der Waals surface area contributed by atoms with Crippen LogP contribution >= 0.6 is 0 Å². The standard InChI is InChI=1S/C23H26N4O/c1-27(2)22-11-9-21(10-12-22)26-25-20-7-5-17(6-8-20)23(28)24-15-19-14-16-3-4-18(19)13-16/h3-12,16,18-19H,13-15H2,1-2H3,(H,24,28)/t16?,18?,19-/m1/s1. The number of hydrogen-bond acceptors (Lipinski definition) is 4. The summed E-state index contributed by atoms with van der Waals surface area (Å²) in [6, 6.07) is 15.2. The van der Waals surface area contributed by atoms with Crippen molar-refractivity contribution in [3.05, 3.63) is 66.2 Å². The number of hydrogen-bond donors (Lipinski definition) is 1. The van der Waals surface area contributed by atoms with Gasteiger partial charge in [-0.25, -0.2) is 0 Å². The zero-order valence-electron chi connectivity index (χ0n) is 16.4. The predicted octanol–water partition coefficient (Wildman–Crippen LogP) is 5.11. The van der Waals surface area contributed by atoms with Crippen LogP contribution in [0.25, 0.3) is 0 Å². The number of carbonyl (C=O) groups is 1. The second-order valence-electron chi connectivity index (χ2n) is 7.91. The van der Waals surface area contributed by atoms with E-state index >= 15 is 0 Å². The molecule has 0 spiro atoms. The van der Waals surface area contributed by atoms with Crippen molar-refractivity contribution in [1.29, 1.82) is 0 Å². The molecule has 4 rings (SSSR count). The maximum Gasteiger partial charge on any atom is 0.251 e. The van der Waals surface area contributed by atoms with E-state index in [4.69, 9.17) is 0 Å². The first kappa shape index (κ1) is 18.4. The molecule has 1 amide bonds. The van der Waals surface area contributed by atoms with E-state index in [9.17, 15) is 4.79 Å². The monoisotopic (exact) mass is 374 g/mol. The molecule has 2 bridgehead atoms. The van der Waals surface area contributed by atoms with Gasteiger partial charge in [0.15, 0.2) is 0 Å². The molecule has 0 heterocycles. The number of allylic oxidation sites excluding steroid dienone is 2. The lowest BCUT2D eigenvalue weighted by molar-refractivity contribution is 0.0945. The number of fused-ring (bicyclic) bond motifs is 2. The molecule has 2 aromatic rings. The average Bonchev–Trinajstić information content (AvgIpc) is 3.34.